The van der Waals surface area contributed by atoms with Crippen LogP contribution in [0.4, 0.5) is 8.78 Å². The predicted octanol–water partition coefficient (Wildman–Crippen LogP) is -0.356. The zero-order chi connectivity index (χ0) is 3.91. The number of nitrogens with one attached hydrogen (secondary N) is 2. The predicted molar refractivity (Wildman–Crippen MR) is 11.2 cm³/mol. The van der Waals surface area contributed by atoms with Gasteiger partial charge in [-0.2, -0.15) is 19.6 Å². The van der Waals surface area contributed by atoms with Gasteiger partial charge >= 0.3 is 6.17 Å². The Morgan fingerprint density at radius 2 is 1.40 bits per heavy atom. The standard InChI is InChI=1S/CH2F2N2/c2-1(3)4-5-1/h4-5H. The van der Waals surface area contributed by atoms with E-state index in [-0.39, 0.29) is 0 Å². The fourth-order valence-electron chi connectivity index (χ4n) is 0.0472. The molecule has 30 valence electrons. The molecule has 0 aromatic heterocycles. The molecule has 0 aromatic carbocycles. The van der Waals surface area contributed by atoms with E-state index in [1.165, 1.54) is 0 Å². The molecule has 0 radical (unpaired) electrons. The van der Waals surface area contributed by atoms with Crippen LogP contribution >= 0.6 is 0 Å². The Morgan fingerprint density at radius 3 is 1.40 bits per heavy atom. The van der Waals surface area contributed by atoms with Crippen LogP contribution in [0.1, 0.15) is 0 Å². The van der Waals surface area contributed by atoms with Crippen molar-refractivity contribution < 1.29 is 8.78 Å². The molecule has 5 heavy (non-hydrogen) atoms. The van der Waals surface area contributed by atoms with Crippen LogP contribution in [0.2, 0.25) is 0 Å². The fourth-order valence-corrected chi connectivity index (χ4v) is 0.0472. The minimum Gasteiger partial charge on any atom is -0.174 e. The minimum absolute atomic E-state index is 1.59. The van der Waals surface area contributed by atoms with Crippen molar-refractivity contribution in [1.29, 1.82) is 0 Å². The molecule has 0 atom stereocenters. The van der Waals surface area contributed by atoms with E-state index >= 15 is 0 Å². The number of halogens is 2. The summed E-state index contributed by atoms with van der Waals surface area (Å²) >= 11 is 0. The Kier molecular flexibility index (Phi) is 0.289. The third-order valence-corrected chi connectivity index (χ3v) is 0.314. The quantitative estimate of drug-likeness (QED) is 0.308. The van der Waals surface area contributed by atoms with E-state index in [9.17, 15) is 8.78 Å². The lowest BCUT2D eigenvalue weighted by Gasteiger charge is -1.70. The highest BCUT2D eigenvalue weighted by molar-refractivity contribution is 4.65. The molecule has 1 rings (SSSR count). The normalized spacial score (nSPS) is 30.0. The molecule has 4 heteroatoms. The Balaban J connectivity index is 2.38. The molecule has 1 heterocycles. The van der Waals surface area contributed by atoms with Gasteiger partial charge in [0.05, 0.1) is 0 Å². The van der Waals surface area contributed by atoms with Crippen molar-refractivity contribution in [3.05, 3.63) is 0 Å². The first-order valence-corrected chi connectivity index (χ1v) is 1.13. The molecule has 1 saturated heterocycles. The molecule has 0 aromatic rings. The van der Waals surface area contributed by atoms with Crippen LogP contribution in [0.5, 0.6) is 0 Å². The summed E-state index contributed by atoms with van der Waals surface area (Å²) in [4.78, 5) is 0. The van der Waals surface area contributed by atoms with Gasteiger partial charge in [0, 0.05) is 0 Å². The summed E-state index contributed by atoms with van der Waals surface area (Å²) in [6, 6.07) is 0. The first-order chi connectivity index (χ1) is 2.21. The molecular weight excluding hydrogens is 78.0 g/mol. The topological polar surface area (TPSA) is 43.9 Å². The molecular formula is CH2F2N2. The first kappa shape index (κ1) is 2.99. The second-order valence-electron chi connectivity index (χ2n) is 0.824. The van der Waals surface area contributed by atoms with Crippen LogP contribution in [0, 0.1) is 0 Å². The van der Waals surface area contributed by atoms with E-state index in [0.29, 0.717) is 0 Å². The summed E-state index contributed by atoms with van der Waals surface area (Å²) in [6.45, 7) is 0. The molecule has 0 saturated carbocycles. The second kappa shape index (κ2) is 0.483. The molecule has 0 bridgehead atoms. The van der Waals surface area contributed by atoms with Crippen LogP contribution in [-0.2, 0) is 0 Å². The Labute approximate surface area is 27.1 Å². The molecule has 0 unspecified atom stereocenters. The van der Waals surface area contributed by atoms with Crippen molar-refractivity contribution >= 4 is 0 Å². The number of hydrazine groups is 1. The monoisotopic (exact) mass is 80.0 g/mol. The fraction of sp³-hybridized carbons (Fsp3) is 1.00. The van der Waals surface area contributed by atoms with E-state index in [4.69, 9.17) is 0 Å². The van der Waals surface area contributed by atoms with E-state index in [1.807, 2.05) is 0 Å². The van der Waals surface area contributed by atoms with Crippen molar-refractivity contribution in [3.63, 3.8) is 0 Å². The molecule has 2 nitrogen and oxygen atoms in total. The van der Waals surface area contributed by atoms with Gasteiger partial charge in [-0.15, -0.1) is 0 Å². The van der Waals surface area contributed by atoms with Crippen LogP contribution in [-0.4, -0.2) is 6.17 Å². The molecule has 0 spiro atoms. The Bertz CT molecular complexity index is 45.6. The SMILES string of the molecule is FC1(F)NN1. The molecule has 1 aliphatic heterocycles. The first-order valence-electron chi connectivity index (χ1n) is 1.13. The Morgan fingerprint density at radius 1 is 1.20 bits per heavy atom. The average Bonchev–Trinajstić information content (AvgIpc) is 1.76. The number of alkyl halides is 2. The summed E-state index contributed by atoms with van der Waals surface area (Å²) in [5.41, 5.74) is 3.18. The third kappa shape index (κ3) is 0.524. The summed E-state index contributed by atoms with van der Waals surface area (Å²) in [7, 11) is 0. The molecule has 0 amide bonds. The van der Waals surface area contributed by atoms with Gasteiger partial charge in [-0.05, 0) is 0 Å². The van der Waals surface area contributed by atoms with E-state index < -0.39 is 6.17 Å². The minimum atomic E-state index is -2.75. The zero-order valence-electron chi connectivity index (χ0n) is 2.26. The van der Waals surface area contributed by atoms with Crippen molar-refractivity contribution in [3.8, 4) is 0 Å². The molecule has 1 aliphatic rings. The maximum Gasteiger partial charge on any atom is 0.389 e. The maximum absolute atomic E-state index is 10.9. The second-order valence-corrected chi connectivity index (χ2v) is 0.824. The largest absolute Gasteiger partial charge is 0.389 e. The lowest BCUT2D eigenvalue weighted by molar-refractivity contribution is 0.100. The average molecular weight is 80.0 g/mol. The lowest BCUT2D eigenvalue weighted by atomic mass is 11.2. The molecule has 1 fully saturated rings. The van der Waals surface area contributed by atoms with Crippen molar-refractivity contribution in [2.75, 3.05) is 0 Å². The lowest BCUT2D eigenvalue weighted by Crippen LogP contribution is -1.94. The van der Waals surface area contributed by atoms with Crippen LogP contribution in [0.25, 0.3) is 0 Å². The van der Waals surface area contributed by atoms with Gasteiger partial charge in [0.1, 0.15) is 0 Å². The van der Waals surface area contributed by atoms with Crippen molar-refractivity contribution in [2.45, 2.75) is 6.17 Å². The van der Waals surface area contributed by atoms with Gasteiger partial charge in [-0.25, -0.2) is 0 Å². The summed E-state index contributed by atoms with van der Waals surface area (Å²) in [6.07, 6.45) is -2.75. The van der Waals surface area contributed by atoms with Gasteiger partial charge < -0.3 is 0 Å². The zero-order valence-corrected chi connectivity index (χ0v) is 2.26. The summed E-state index contributed by atoms with van der Waals surface area (Å²) in [5, 5.41) is 0. The van der Waals surface area contributed by atoms with E-state index in [2.05, 4.69) is 0 Å². The number of rotatable bonds is 0. The number of hydrogen-bond acceptors (Lipinski definition) is 2. The van der Waals surface area contributed by atoms with Gasteiger partial charge in [-0.3, -0.25) is 0 Å². The van der Waals surface area contributed by atoms with E-state index in [1.54, 1.807) is 10.9 Å². The number of hydrogen-bond donors (Lipinski definition) is 2. The summed E-state index contributed by atoms with van der Waals surface area (Å²) < 4.78 is 21.8. The molecule has 2 N–H and O–H groups in total. The van der Waals surface area contributed by atoms with Crippen molar-refractivity contribution in [1.82, 2.24) is 10.9 Å². The van der Waals surface area contributed by atoms with Crippen molar-refractivity contribution in [2.24, 2.45) is 0 Å². The van der Waals surface area contributed by atoms with Gasteiger partial charge in [-0.1, -0.05) is 0 Å². The van der Waals surface area contributed by atoms with Crippen LogP contribution < -0.4 is 10.9 Å². The smallest absolute Gasteiger partial charge is 0.174 e. The summed E-state index contributed by atoms with van der Waals surface area (Å²) in [5.74, 6) is 0. The molecule has 0 aliphatic carbocycles. The van der Waals surface area contributed by atoms with Crippen LogP contribution in [0.3, 0.4) is 0 Å². The highest BCUT2D eigenvalue weighted by atomic mass is 19.3. The third-order valence-electron chi connectivity index (χ3n) is 0.314. The maximum atomic E-state index is 10.9. The van der Waals surface area contributed by atoms with Gasteiger partial charge in [0.2, 0.25) is 0 Å². The highest BCUT2D eigenvalue weighted by Gasteiger charge is 2.42. The van der Waals surface area contributed by atoms with Gasteiger partial charge in [0.15, 0.2) is 0 Å². The Hall–Kier alpha value is -0.220. The highest BCUT2D eigenvalue weighted by Crippen LogP contribution is 2.10. The van der Waals surface area contributed by atoms with Crippen LogP contribution in [0.15, 0.2) is 0 Å². The van der Waals surface area contributed by atoms with Gasteiger partial charge in [0.25, 0.3) is 0 Å². The van der Waals surface area contributed by atoms with E-state index in [0.717, 1.165) is 0 Å².